The number of anilines is 1. The monoisotopic (exact) mass is 309 g/mol. The van der Waals surface area contributed by atoms with Gasteiger partial charge in [-0.3, -0.25) is 5.10 Å². The Labute approximate surface area is 134 Å². The Bertz CT molecular complexity index is 807. The van der Waals surface area contributed by atoms with E-state index in [0.717, 1.165) is 30.9 Å². The molecule has 1 aromatic carbocycles. The maximum absolute atomic E-state index is 5.44. The van der Waals surface area contributed by atoms with E-state index in [-0.39, 0.29) is 0 Å². The molecule has 6 nitrogen and oxygen atoms in total. The molecule has 1 aliphatic heterocycles. The Hall–Kier alpha value is -2.63. The van der Waals surface area contributed by atoms with Crippen molar-refractivity contribution in [3.8, 4) is 0 Å². The molecule has 1 aliphatic rings. The van der Waals surface area contributed by atoms with Crippen LogP contribution in [0.1, 0.15) is 35.0 Å². The van der Waals surface area contributed by atoms with Crippen molar-refractivity contribution in [2.24, 2.45) is 0 Å². The van der Waals surface area contributed by atoms with E-state index in [0.29, 0.717) is 18.9 Å². The highest BCUT2D eigenvalue weighted by atomic mass is 16.5. The fourth-order valence-electron chi connectivity index (χ4n) is 3.06. The molecule has 2 aromatic heterocycles. The molecule has 0 aliphatic carbocycles. The zero-order valence-corrected chi connectivity index (χ0v) is 13.1. The lowest BCUT2D eigenvalue weighted by Crippen LogP contribution is -2.28. The average molecular weight is 309 g/mol. The number of nitrogens with zero attached hydrogens (tertiary/aromatic N) is 4. The van der Waals surface area contributed by atoms with Gasteiger partial charge < -0.3 is 9.42 Å². The van der Waals surface area contributed by atoms with Gasteiger partial charge in [0.15, 0.2) is 5.82 Å². The highest BCUT2D eigenvalue weighted by molar-refractivity contribution is 5.50. The first-order valence-electron chi connectivity index (χ1n) is 7.93. The van der Waals surface area contributed by atoms with Crippen LogP contribution in [0.25, 0.3) is 0 Å². The Morgan fingerprint density at radius 1 is 1.30 bits per heavy atom. The van der Waals surface area contributed by atoms with Crippen LogP contribution in [0.3, 0.4) is 0 Å². The quantitative estimate of drug-likeness (QED) is 0.802. The van der Waals surface area contributed by atoms with Gasteiger partial charge in [-0.1, -0.05) is 29.4 Å². The van der Waals surface area contributed by atoms with Gasteiger partial charge in [0.2, 0.25) is 5.89 Å². The van der Waals surface area contributed by atoms with Crippen molar-refractivity contribution in [2.45, 2.75) is 32.7 Å². The lowest BCUT2D eigenvalue weighted by Gasteiger charge is -2.26. The third-order valence-electron chi connectivity index (χ3n) is 4.34. The van der Waals surface area contributed by atoms with Gasteiger partial charge in [0.25, 0.3) is 0 Å². The number of hydrogen-bond acceptors (Lipinski definition) is 5. The molecule has 0 unspecified atom stereocenters. The summed E-state index contributed by atoms with van der Waals surface area (Å²) in [6, 6.07) is 8.29. The molecule has 1 N–H and O–H groups in total. The Morgan fingerprint density at radius 3 is 3.13 bits per heavy atom. The van der Waals surface area contributed by atoms with Crippen LogP contribution < -0.4 is 4.90 Å². The third-order valence-corrected chi connectivity index (χ3v) is 4.34. The number of fused-ring (bicyclic) bond motifs is 1. The van der Waals surface area contributed by atoms with Crippen LogP contribution in [0, 0.1) is 6.92 Å². The fraction of sp³-hybridized carbons (Fsp3) is 0.353. The molecule has 4 rings (SSSR count). The number of aromatic amines is 1. The van der Waals surface area contributed by atoms with Gasteiger partial charge in [-0.15, -0.1) is 0 Å². The summed E-state index contributed by atoms with van der Waals surface area (Å²) in [6.07, 6.45) is 4.74. The lowest BCUT2D eigenvalue weighted by atomic mass is 10.1. The van der Waals surface area contributed by atoms with Crippen molar-refractivity contribution < 1.29 is 4.52 Å². The van der Waals surface area contributed by atoms with Gasteiger partial charge in [-0.25, -0.2) is 0 Å². The largest absolute Gasteiger partial charge is 0.359 e. The number of benzene rings is 1. The standard InChI is InChI=1S/C17H19N5O/c1-12-5-2-3-6-13(12)9-16-19-17(23-21-16)11-22-8-4-7-14-15(22)10-18-20-14/h2-3,5-6,10H,4,7-9,11H2,1H3,(H,18,20). The van der Waals surface area contributed by atoms with Gasteiger partial charge in [0.05, 0.1) is 24.1 Å². The Morgan fingerprint density at radius 2 is 2.22 bits per heavy atom. The van der Waals surface area contributed by atoms with Crippen LogP contribution in [0.2, 0.25) is 0 Å². The second-order valence-electron chi connectivity index (χ2n) is 5.97. The lowest BCUT2D eigenvalue weighted by molar-refractivity contribution is 0.370. The van der Waals surface area contributed by atoms with Crippen molar-refractivity contribution in [3.63, 3.8) is 0 Å². The summed E-state index contributed by atoms with van der Waals surface area (Å²) in [7, 11) is 0. The maximum Gasteiger partial charge on any atom is 0.246 e. The van der Waals surface area contributed by atoms with Gasteiger partial charge >= 0.3 is 0 Å². The molecule has 3 heterocycles. The molecular formula is C17H19N5O. The van der Waals surface area contributed by atoms with E-state index in [1.165, 1.54) is 16.8 Å². The van der Waals surface area contributed by atoms with Crippen molar-refractivity contribution in [1.29, 1.82) is 0 Å². The van der Waals surface area contributed by atoms with E-state index in [2.05, 4.69) is 44.3 Å². The normalized spacial score (nSPS) is 14.0. The number of nitrogens with one attached hydrogen (secondary N) is 1. The van der Waals surface area contributed by atoms with Crippen LogP contribution in [-0.2, 0) is 19.4 Å². The Balaban J connectivity index is 1.48. The summed E-state index contributed by atoms with van der Waals surface area (Å²) in [5, 5.41) is 11.3. The van der Waals surface area contributed by atoms with Crippen molar-refractivity contribution in [3.05, 3.63) is 59.0 Å². The van der Waals surface area contributed by atoms with Crippen LogP contribution in [0.4, 0.5) is 5.69 Å². The van der Waals surface area contributed by atoms with E-state index < -0.39 is 0 Å². The van der Waals surface area contributed by atoms with Crippen LogP contribution >= 0.6 is 0 Å². The second-order valence-corrected chi connectivity index (χ2v) is 5.97. The first-order chi connectivity index (χ1) is 11.3. The van der Waals surface area contributed by atoms with E-state index in [9.17, 15) is 0 Å². The average Bonchev–Trinajstić information content (AvgIpc) is 3.19. The van der Waals surface area contributed by atoms with Crippen molar-refractivity contribution in [2.75, 3.05) is 11.4 Å². The van der Waals surface area contributed by atoms with Crippen LogP contribution in [-0.4, -0.2) is 26.9 Å². The van der Waals surface area contributed by atoms with Gasteiger partial charge in [-0.05, 0) is 30.9 Å². The number of rotatable bonds is 4. The molecule has 0 radical (unpaired) electrons. The minimum absolute atomic E-state index is 0.632. The van der Waals surface area contributed by atoms with Gasteiger partial charge in [0, 0.05) is 13.0 Å². The molecule has 0 atom stereocenters. The molecule has 3 aromatic rings. The molecule has 0 saturated carbocycles. The molecule has 0 amide bonds. The van der Waals surface area contributed by atoms with E-state index >= 15 is 0 Å². The molecule has 0 saturated heterocycles. The fourth-order valence-corrected chi connectivity index (χ4v) is 3.06. The summed E-state index contributed by atoms with van der Waals surface area (Å²) in [5.41, 5.74) is 4.82. The summed E-state index contributed by atoms with van der Waals surface area (Å²) in [6.45, 7) is 3.72. The van der Waals surface area contributed by atoms with E-state index in [1.807, 2.05) is 18.3 Å². The highest BCUT2D eigenvalue weighted by Gasteiger charge is 2.21. The number of H-pyrrole nitrogens is 1. The van der Waals surface area contributed by atoms with Crippen molar-refractivity contribution >= 4 is 5.69 Å². The van der Waals surface area contributed by atoms with E-state index in [4.69, 9.17) is 4.52 Å². The molecule has 0 spiro atoms. The van der Waals surface area contributed by atoms with Gasteiger partial charge in [0.1, 0.15) is 0 Å². The molecule has 6 heteroatoms. The number of aromatic nitrogens is 4. The predicted molar refractivity (Wildman–Crippen MR) is 86.2 cm³/mol. The van der Waals surface area contributed by atoms with Crippen LogP contribution in [0.5, 0.6) is 0 Å². The first-order valence-corrected chi connectivity index (χ1v) is 7.93. The molecular weight excluding hydrogens is 290 g/mol. The zero-order valence-electron chi connectivity index (χ0n) is 13.1. The van der Waals surface area contributed by atoms with Crippen molar-refractivity contribution in [1.82, 2.24) is 20.3 Å². The summed E-state index contributed by atoms with van der Waals surface area (Å²) < 4.78 is 5.44. The molecule has 118 valence electrons. The number of hydrogen-bond donors (Lipinski definition) is 1. The van der Waals surface area contributed by atoms with Gasteiger partial charge in [-0.2, -0.15) is 10.1 Å². The smallest absolute Gasteiger partial charge is 0.246 e. The second kappa shape index (κ2) is 5.87. The maximum atomic E-state index is 5.44. The third kappa shape index (κ3) is 2.84. The Kier molecular flexibility index (Phi) is 3.57. The van der Waals surface area contributed by atoms with E-state index in [1.54, 1.807) is 0 Å². The molecule has 0 fully saturated rings. The molecule has 23 heavy (non-hydrogen) atoms. The zero-order chi connectivity index (χ0) is 15.6. The SMILES string of the molecule is Cc1ccccc1Cc1noc(CN2CCCc3[nH]ncc32)n1. The summed E-state index contributed by atoms with van der Waals surface area (Å²) >= 11 is 0. The predicted octanol–water partition coefficient (Wildman–Crippen LogP) is 2.64. The molecule has 0 bridgehead atoms. The first kappa shape index (κ1) is 14.0. The number of aryl methyl sites for hydroxylation is 2. The van der Waals surface area contributed by atoms with Crippen LogP contribution in [0.15, 0.2) is 35.0 Å². The minimum atomic E-state index is 0.632. The topological polar surface area (TPSA) is 70.8 Å². The summed E-state index contributed by atoms with van der Waals surface area (Å²) in [4.78, 5) is 6.79. The highest BCUT2D eigenvalue weighted by Crippen LogP contribution is 2.26. The summed E-state index contributed by atoms with van der Waals surface area (Å²) in [5.74, 6) is 1.39. The minimum Gasteiger partial charge on any atom is -0.359 e.